The topological polar surface area (TPSA) is 81.4 Å². The lowest BCUT2D eigenvalue weighted by Crippen LogP contribution is -2.34. The molecule has 5 nitrogen and oxygen atoms in total. The number of para-hydroxylation sites is 1. The molecule has 0 fully saturated rings. The molecule has 0 saturated carbocycles. The van der Waals surface area contributed by atoms with Gasteiger partial charge in [0, 0.05) is 6.54 Å². The Morgan fingerprint density at radius 3 is 2.59 bits per heavy atom. The minimum atomic E-state index is -3.43. The molecule has 7 heteroatoms. The van der Waals surface area contributed by atoms with Crippen LogP contribution in [0.1, 0.15) is 0 Å². The van der Waals surface area contributed by atoms with E-state index < -0.39 is 10.0 Å². The molecule has 94 valence electrons. The van der Waals surface area contributed by atoms with Gasteiger partial charge in [0.2, 0.25) is 10.0 Å². The number of hydrogen-bond acceptors (Lipinski definition) is 4. The number of nitrogens with two attached hydrogens (primary N) is 1. The smallest absolute Gasteiger partial charge is 0.218 e. The Balaban J connectivity index is 2.27. The third-order valence-electron chi connectivity index (χ3n) is 1.77. The van der Waals surface area contributed by atoms with Crippen LogP contribution < -0.4 is 15.2 Å². The van der Waals surface area contributed by atoms with Crippen molar-refractivity contribution in [3.05, 3.63) is 30.3 Å². The van der Waals surface area contributed by atoms with Gasteiger partial charge in [0.1, 0.15) is 18.1 Å². The number of nitrogens with one attached hydrogen (secondary N) is 1. The molecule has 0 amide bonds. The summed E-state index contributed by atoms with van der Waals surface area (Å²) in [5, 5.41) is 0. The lowest BCUT2D eigenvalue weighted by atomic mass is 10.3. The molecule has 0 saturated heterocycles. The Labute approximate surface area is 106 Å². The number of sulfonamides is 1. The molecule has 0 unspecified atom stereocenters. The number of rotatable bonds is 7. The minimum Gasteiger partial charge on any atom is -0.492 e. The van der Waals surface area contributed by atoms with E-state index in [1.807, 2.05) is 18.2 Å². The second-order valence-electron chi connectivity index (χ2n) is 3.28. The summed E-state index contributed by atoms with van der Waals surface area (Å²) in [6, 6.07) is 9.14. The first-order chi connectivity index (χ1) is 7.99. The monoisotopic (exact) mass is 274 g/mol. The zero-order chi connectivity index (χ0) is 12.7. The average molecular weight is 274 g/mol. The zero-order valence-electron chi connectivity index (χ0n) is 9.13. The summed E-state index contributed by atoms with van der Waals surface area (Å²) in [7, 11) is -3.43. The molecule has 17 heavy (non-hydrogen) atoms. The van der Waals surface area contributed by atoms with E-state index in [0.717, 1.165) is 0 Å². The fraction of sp³-hybridized carbons (Fsp3) is 0.300. The van der Waals surface area contributed by atoms with E-state index in [0.29, 0.717) is 5.75 Å². The Morgan fingerprint density at radius 1 is 1.35 bits per heavy atom. The third-order valence-corrected chi connectivity index (χ3v) is 3.43. The highest BCUT2D eigenvalue weighted by molar-refractivity contribution is 7.92. The molecule has 0 aliphatic rings. The van der Waals surface area contributed by atoms with Gasteiger partial charge in [-0.2, -0.15) is 0 Å². The van der Waals surface area contributed by atoms with Crippen LogP contribution in [0.25, 0.3) is 0 Å². The van der Waals surface area contributed by atoms with Crippen molar-refractivity contribution in [3.8, 4) is 5.75 Å². The van der Waals surface area contributed by atoms with E-state index >= 15 is 0 Å². The third kappa shape index (κ3) is 6.20. The van der Waals surface area contributed by atoms with E-state index in [4.69, 9.17) is 10.5 Å². The molecule has 0 aliphatic heterocycles. The summed E-state index contributed by atoms with van der Waals surface area (Å²) in [5.41, 5.74) is 5.15. The van der Waals surface area contributed by atoms with Gasteiger partial charge in [-0.15, -0.1) is 0 Å². The Kier molecular flexibility index (Phi) is 5.33. The van der Waals surface area contributed by atoms with Crippen LogP contribution in [0, 0.1) is 0 Å². The lowest BCUT2D eigenvalue weighted by Gasteiger charge is -2.07. The zero-order valence-corrected chi connectivity index (χ0v) is 10.8. The van der Waals surface area contributed by atoms with Crippen molar-refractivity contribution < 1.29 is 13.2 Å². The summed E-state index contributed by atoms with van der Waals surface area (Å²) in [6.45, 7) is 0.431. The summed E-state index contributed by atoms with van der Waals surface area (Å²) in [6.07, 6.45) is 0. The van der Waals surface area contributed by atoms with E-state index in [-0.39, 0.29) is 23.9 Å². The summed E-state index contributed by atoms with van der Waals surface area (Å²) in [5.74, 6) is 0.356. The second kappa shape index (κ2) is 6.53. The first kappa shape index (κ1) is 13.9. The number of benzene rings is 1. The number of ether oxygens (including phenoxy) is 1. The van der Waals surface area contributed by atoms with Crippen LogP contribution in [0.2, 0.25) is 0 Å². The van der Waals surface area contributed by atoms with Gasteiger partial charge in [-0.3, -0.25) is 0 Å². The first-order valence-corrected chi connectivity index (χ1v) is 6.99. The molecule has 0 radical (unpaired) electrons. The molecule has 0 atom stereocenters. The summed E-state index contributed by atoms with van der Waals surface area (Å²) >= 11 is 4.53. The average Bonchev–Trinajstić information content (AvgIpc) is 2.24. The predicted octanol–water partition coefficient (Wildman–Crippen LogP) is 0.271. The van der Waals surface area contributed by atoms with Crippen molar-refractivity contribution in [2.24, 2.45) is 5.73 Å². The van der Waals surface area contributed by atoms with E-state index in [1.54, 1.807) is 12.1 Å². The molecule has 1 rings (SSSR count). The normalized spacial score (nSPS) is 11.1. The van der Waals surface area contributed by atoms with Gasteiger partial charge in [0.15, 0.2) is 0 Å². The van der Waals surface area contributed by atoms with Gasteiger partial charge in [-0.05, 0) is 12.1 Å². The molecule has 3 N–H and O–H groups in total. The SMILES string of the molecule is NC(=S)CS(=O)(=O)NCCOc1ccccc1. The Morgan fingerprint density at radius 2 is 2.00 bits per heavy atom. The Bertz CT molecular complexity index is 460. The van der Waals surface area contributed by atoms with E-state index in [1.165, 1.54) is 0 Å². The van der Waals surface area contributed by atoms with E-state index in [2.05, 4.69) is 16.9 Å². The minimum absolute atomic E-state index is 0.0542. The van der Waals surface area contributed by atoms with Crippen molar-refractivity contribution in [1.29, 1.82) is 0 Å². The summed E-state index contributed by atoms with van der Waals surface area (Å²) in [4.78, 5) is -0.0542. The van der Waals surface area contributed by atoms with Crippen molar-refractivity contribution in [1.82, 2.24) is 4.72 Å². The van der Waals surface area contributed by atoms with Crippen LogP contribution in [0.5, 0.6) is 5.75 Å². The van der Waals surface area contributed by atoms with Crippen LogP contribution >= 0.6 is 12.2 Å². The molecule has 1 aromatic rings. The van der Waals surface area contributed by atoms with Crippen LogP contribution in [0.3, 0.4) is 0 Å². The van der Waals surface area contributed by atoms with Gasteiger partial charge in [-0.25, -0.2) is 13.1 Å². The van der Waals surface area contributed by atoms with Crippen LogP contribution in [0.4, 0.5) is 0 Å². The highest BCUT2D eigenvalue weighted by Crippen LogP contribution is 2.07. The highest BCUT2D eigenvalue weighted by atomic mass is 32.2. The molecule has 1 aromatic carbocycles. The molecule has 0 heterocycles. The maximum Gasteiger partial charge on any atom is 0.218 e. The number of hydrogen-bond donors (Lipinski definition) is 2. The largest absolute Gasteiger partial charge is 0.492 e. The Hall–Kier alpha value is -1.18. The molecule has 0 aromatic heterocycles. The van der Waals surface area contributed by atoms with Crippen LogP contribution in [0.15, 0.2) is 30.3 Å². The molecular weight excluding hydrogens is 260 g/mol. The standard InChI is InChI=1S/C10H14N2O3S2/c11-10(16)8-17(13,14)12-6-7-15-9-4-2-1-3-5-9/h1-5,12H,6-8H2,(H2,11,16). The summed E-state index contributed by atoms with van der Waals surface area (Å²) < 4.78 is 30.3. The first-order valence-electron chi connectivity index (χ1n) is 4.93. The molecular formula is C10H14N2O3S2. The fourth-order valence-corrected chi connectivity index (χ4v) is 2.46. The fourth-order valence-electron chi connectivity index (χ4n) is 1.12. The van der Waals surface area contributed by atoms with Crippen molar-refractivity contribution in [3.63, 3.8) is 0 Å². The van der Waals surface area contributed by atoms with Crippen molar-refractivity contribution >= 4 is 27.2 Å². The second-order valence-corrected chi connectivity index (χ2v) is 5.61. The number of thiocarbonyl (C=S) groups is 1. The van der Waals surface area contributed by atoms with Gasteiger partial charge < -0.3 is 10.5 Å². The lowest BCUT2D eigenvalue weighted by molar-refractivity contribution is 0.323. The van der Waals surface area contributed by atoms with Crippen molar-refractivity contribution in [2.75, 3.05) is 18.9 Å². The quantitative estimate of drug-likeness (QED) is 0.551. The highest BCUT2D eigenvalue weighted by Gasteiger charge is 2.10. The molecule has 0 aliphatic carbocycles. The van der Waals surface area contributed by atoms with Crippen LogP contribution in [-0.4, -0.2) is 32.3 Å². The van der Waals surface area contributed by atoms with Crippen LogP contribution in [-0.2, 0) is 10.0 Å². The maximum absolute atomic E-state index is 11.3. The van der Waals surface area contributed by atoms with Gasteiger partial charge in [0.25, 0.3) is 0 Å². The van der Waals surface area contributed by atoms with Crippen molar-refractivity contribution in [2.45, 2.75) is 0 Å². The van der Waals surface area contributed by atoms with Gasteiger partial charge in [-0.1, -0.05) is 30.4 Å². The van der Waals surface area contributed by atoms with Gasteiger partial charge in [0.05, 0.1) is 4.99 Å². The molecule has 0 bridgehead atoms. The van der Waals surface area contributed by atoms with Gasteiger partial charge >= 0.3 is 0 Å². The van der Waals surface area contributed by atoms with E-state index in [9.17, 15) is 8.42 Å². The molecule has 0 spiro atoms. The predicted molar refractivity (Wildman–Crippen MR) is 70.5 cm³/mol. The maximum atomic E-state index is 11.3.